The van der Waals surface area contributed by atoms with E-state index in [0.717, 1.165) is 17.3 Å². The maximum absolute atomic E-state index is 12.7. The summed E-state index contributed by atoms with van der Waals surface area (Å²) in [6.07, 6.45) is 2.69. The van der Waals surface area contributed by atoms with Gasteiger partial charge in [-0.25, -0.2) is 19.9 Å². The molecule has 0 aliphatic rings. The molecule has 2 rings (SSSR count). The number of likely N-dealkylation sites (N-methyl/N-ethyl adjacent to an activating group) is 2. The summed E-state index contributed by atoms with van der Waals surface area (Å²) in [4.78, 5) is 44.8. The van der Waals surface area contributed by atoms with E-state index in [1.54, 1.807) is 7.05 Å². The van der Waals surface area contributed by atoms with Crippen molar-refractivity contribution in [2.24, 2.45) is 5.73 Å². The maximum atomic E-state index is 12.7. The molecule has 2 aromatic rings. The van der Waals surface area contributed by atoms with Crippen molar-refractivity contribution in [3.63, 3.8) is 0 Å². The van der Waals surface area contributed by atoms with Crippen molar-refractivity contribution in [1.82, 2.24) is 24.8 Å². The number of amides is 2. The van der Waals surface area contributed by atoms with Crippen molar-refractivity contribution in [3.05, 3.63) is 41.4 Å². The highest BCUT2D eigenvalue weighted by Gasteiger charge is 2.22. The van der Waals surface area contributed by atoms with Crippen molar-refractivity contribution in [2.75, 3.05) is 32.1 Å². The lowest BCUT2D eigenvalue weighted by Crippen LogP contribution is -2.36. The van der Waals surface area contributed by atoms with Gasteiger partial charge in [-0.2, -0.15) is 0 Å². The van der Waals surface area contributed by atoms with Crippen LogP contribution in [0, 0.1) is 0 Å². The third kappa shape index (κ3) is 5.46. The second kappa shape index (κ2) is 9.40. The van der Waals surface area contributed by atoms with E-state index in [4.69, 9.17) is 5.73 Å². The summed E-state index contributed by atoms with van der Waals surface area (Å²) in [6, 6.07) is 1.98. The average Bonchev–Trinajstić information content (AvgIpc) is 2.70. The number of nitrogens with zero attached hydrogens (tertiary/aromatic N) is 6. The molecular weight excluding hydrogens is 370 g/mol. The van der Waals surface area contributed by atoms with Gasteiger partial charge >= 0.3 is 0 Å². The summed E-state index contributed by atoms with van der Waals surface area (Å²) in [7, 11) is 3.57. The lowest BCUT2D eigenvalue weighted by atomic mass is 10.1. The Morgan fingerprint density at radius 1 is 0.966 bits per heavy atom. The first-order chi connectivity index (χ1) is 13.6. The van der Waals surface area contributed by atoms with E-state index in [1.165, 1.54) is 17.3 Å². The van der Waals surface area contributed by atoms with Crippen molar-refractivity contribution in [1.29, 1.82) is 0 Å². The highest BCUT2D eigenvalue weighted by Crippen LogP contribution is 2.21. The monoisotopic (exact) mass is 399 g/mol. The molecule has 9 heteroatoms. The second-order valence-electron chi connectivity index (χ2n) is 7.58. The molecule has 0 spiro atoms. The number of rotatable bonds is 8. The van der Waals surface area contributed by atoms with Gasteiger partial charge in [-0.05, 0) is 5.92 Å². The van der Waals surface area contributed by atoms with Crippen LogP contribution in [0.1, 0.15) is 72.0 Å². The Hall–Kier alpha value is -3.10. The maximum Gasteiger partial charge on any atom is 0.274 e. The quantitative estimate of drug-likeness (QED) is 0.719. The Balaban J connectivity index is 2.13. The van der Waals surface area contributed by atoms with Crippen LogP contribution in [0.3, 0.4) is 0 Å². The highest BCUT2D eigenvalue weighted by atomic mass is 16.2. The van der Waals surface area contributed by atoms with Crippen LogP contribution in [0.2, 0.25) is 0 Å². The predicted octanol–water partition coefficient (Wildman–Crippen LogP) is 1.82. The molecular formula is C20H29N7O2. The average molecular weight is 399 g/mol. The summed E-state index contributed by atoms with van der Waals surface area (Å²) in [5, 5.41) is 0. The van der Waals surface area contributed by atoms with Crippen LogP contribution in [-0.2, 0) is 0 Å². The van der Waals surface area contributed by atoms with Crippen LogP contribution in [0.5, 0.6) is 0 Å². The normalized spacial score (nSPS) is 11.0. The molecule has 29 heavy (non-hydrogen) atoms. The largest absolute Gasteiger partial charge is 0.364 e. The first-order valence-electron chi connectivity index (χ1n) is 9.58. The van der Waals surface area contributed by atoms with Gasteiger partial charge in [0.15, 0.2) is 11.4 Å². The van der Waals surface area contributed by atoms with Crippen molar-refractivity contribution >= 4 is 17.6 Å². The molecule has 2 N–H and O–H groups in total. The molecule has 2 heterocycles. The standard InChI is InChI=1S/C20H29N7O2/c1-12(2)14-11-15(25-19(24-14)13(3)4)26(5)9-10-27(6)20(29)17-16(18(21)28)22-7-8-23-17/h7-8,11-13H,9-10H2,1-6H3,(H2,21,28). The Labute approximate surface area is 171 Å². The minimum absolute atomic E-state index is 0.0450. The zero-order chi connectivity index (χ0) is 21.7. The highest BCUT2D eigenvalue weighted by molar-refractivity contribution is 6.03. The Morgan fingerprint density at radius 2 is 1.59 bits per heavy atom. The smallest absolute Gasteiger partial charge is 0.274 e. The van der Waals surface area contributed by atoms with Crippen LogP contribution in [0.25, 0.3) is 0 Å². The number of hydrogen-bond donors (Lipinski definition) is 1. The van der Waals surface area contributed by atoms with Crippen molar-refractivity contribution in [3.8, 4) is 0 Å². The Morgan fingerprint density at radius 3 is 2.14 bits per heavy atom. The van der Waals surface area contributed by atoms with E-state index < -0.39 is 11.8 Å². The molecule has 0 saturated carbocycles. The van der Waals surface area contributed by atoms with E-state index in [9.17, 15) is 9.59 Å². The van der Waals surface area contributed by atoms with Gasteiger partial charge in [0, 0.05) is 57.3 Å². The van der Waals surface area contributed by atoms with E-state index in [-0.39, 0.29) is 23.2 Å². The summed E-state index contributed by atoms with van der Waals surface area (Å²) in [5.41, 5.74) is 6.11. The summed E-state index contributed by atoms with van der Waals surface area (Å²) < 4.78 is 0. The number of carbonyl (C=O) groups is 2. The van der Waals surface area contributed by atoms with Gasteiger partial charge in [0.1, 0.15) is 11.6 Å². The fourth-order valence-electron chi connectivity index (χ4n) is 2.59. The minimum atomic E-state index is -0.782. The van der Waals surface area contributed by atoms with Gasteiger partial charge in [0.2, 0.25) is 0 Å². The third-order valence-corrected chi connectivity index (χ3v) is 4.50. The number of carbonyl (C=O) groups excluding carboxylic acids is 2. The number of hydrogen-bond acceptors (Lipinski definition) is 7. The molecule has 2 aromatic heterocycles. The van der Waals surface area contributed by atoms with E-state index in [1.807, 2.05) is 18.0 Å². The first kappa shape index (κ1) is 22.2. The van der Waals surface area contributed by atoms with Crippen LogP contribution in [0.15, 0.2) is 18.5 Å². The molecule has 0 fully saturated rings. The second-order valence-corrected chi connectivity index (χ2v) is 7.58. The van der Waals surface area contributed by atoms with E-state index in [0.29, 0.717) is 13.1 Å². The van der Waals surface area contributed by atoms with Gasteiger partial charge in [-0.1, -0.05) is 27.7 Å². The lowest BCUT2D eigenvalue weighted by Gasteiger charge is -2.24. The predicted molar refractivity (Wildman–Crippen MR) is 111 cm³/mol. The van der Waals surface area contributed by atoms with Crippen LogP contribution in [-0.4, -0.2) is 63.8 Å². The first-order valence-corrected chi connectivity index (χ1v) is 9.58. The van der Waals surface area contributed by atoms with E-state index in [2.05, 4.69) is 47.6 Å². The molecule has 0 radical (unpaired) electrons. The van der Waals surface area contributed by atoms with Crippen molar-refractivity contribution < 1.29 is 9.59 Å². The Bertz CT molecular complexity index is 857. The zero-order valence-corrected chi connectivity index (χ0v) is 17.9. The molecule has 2 amide bonds. The SMILES string of the molecule is CC(C)c1cc(N(C)CCN(C)C(=O)c2nccnc2C(N)=O)nc(C(C)C)n1. The molecule has 0 atom stereocenters. The fourth-order valence-corrected chi connectivity index (χ4v) is 2.59. The van der Waals surface area contributed by atoms with Gasteiger partial charge < -0.3 is 15.5 Å². The fraction of sp³-hybridized carbons (Fsp3) is 0.500. The summed E-state index contributed by atoms with van der Waals surface area (Å²) >= 11 is 0. The molecule has 0 aliphatic heterocycles. The topological polar surface area (TPSA) is 118 Å². The number of anilines is 1. The van der Waals surface area contributed by atoms with Crippen LogP contribution < -0.4 is 10.6 Å². The van der Waals surface area contributed by atoms with Gasteiger partial charge in [-0.15, -0.1) is 0 Å². The third-order valence-electron chi connectivity index (χ3n) is 4.50. The molecule has 9 nitrogen and oxygen atoms in total. The molecule has 156 valence electrons. The number of aromatic nitrogens is 4. The molecule has 0 saturated heterocycles. The summed E-state index contributed by atoms with van der Waals surface area (Å²) in [6.45, 7) is 9.27. The number of primary amides is 1. The molecule has 0 unspecified atom stereocenters. The molecule has 0 aromatic carbocycles. The van der Waals surface area contributed by atoms with Gasteiger partial charge in [0.05, 0.1) is 0 Å². The number of nitrogens with two attached hydrogens (primary N) is 1. The van der Waals surface area contributed by atoms with Crippen LogP contribution >= 0.6 is 0 Å². The summed E-state index contributed by atoms with van der Waals surface area (Å²) in [5.74, 6) is 0.924. The zero-order valence-electron chi connectivity index (χ0n) is 17.9. The Kier molecular flexibility index (Phi) is 7.19. The van der Waals surface area contributed by atoms with Gasteiger partial charge in [-0.3, -0.25) is 9.59 Å². The van der Waals surface area contributed by atoms with Gasteiger partial charge in [0.25, 0.3) is 11.8 Å². The van der Waals surface area contributed by atoms with Crippen LogP contribution in [0.4, 0.5) is 5.82 Å². The van der Waals surface area contributed by atoms with E-state index >= 15 is 0 Å². The molecule has 0 bridgehead atoms. The lowest BCUT2D eigenvalue weighted by molar-refractivity contribution is 0.0785. The molecule has 0 aliphatic carbocycles. The minimum Gasteiger partial charge on any atom is -0.364 e. The van der Waals surface area contributed by atoms with Crippen molar-refractivity contribution in [2.45, 2.75) is 39.5 Å².